The molecule has 0 aromatic rings. The quantitative estimate of drug-likeness (QED) is 0.376. The summed E-state index contributed by atoms with van der Waals surface area (Å²) in [5.74, 6) is 4.33. The van der Waals surface area contributed by atoms with Crippen molar-refractivity contribution in [3.8, 4) is 0 Å². The van der Waals surface area contributed by atoms with Gasteiger partial charge in [0.05, 0.1) is 0 Å². The molecule has 134 valence electrons. The van der Waals surface area contributed by atoms with E-state index in [1.54, 1.807) is 0 Å². The second-order valence-electron chi connectivity index (χ2n) is 8.22. The number of hydrogen-bond acceptors (Lipinski definition) is 1. The van der Waals surface area contributed by atoms with E-state index in [-0.39, 0.29) is 0 Å². The molecule has 0 aromatic carbocycles. The highest BCUT2D eigenvalue weighted by Crippen LogP contribution is 2.28. The molecule has 0 amide bonds. The predicted octanol–water partition coefficient (Wildman–Crippen LogP) is 6.48. The first-order valence-corrected chi connectivity index (χ1v) is 10.0. The summed E-state index contributed by atoms with van der Waals surface area (Å²) in [4.78, 5) is 2.61. The molecule has 0 saturated carbocycles. The van der Waals surface area contributed by atoms with Crippen LogP contribution in [0.25, 0.3) is 0 Å². The smallest absolute Gasteiger partial charge is 0.00117 e. The van der Waals surface area contributed by atoms with Crippen LogP contribution in [0, 0.1) is 29.6 Å². The highest BCUT2D eigenvalue weighted by atomic mass is 15.1. The standard InChI is InChI=1S/C21H45N/c1-9-12-20(7)21(19(6)11-3)16-22(8)14-13-18(5)15-17(4)10-2/h17-21H,9-16H2,1-8H3. The predicted molar refractivity (Wildman–Crippen MR) is 102 cm³/mol. The fourth-order valence-electron chi connectivity index (χ4n) is 3.76. The first-order chi connectivity index (χ1) is 10.3. The highest BCUT2D eigenvalue weighted by Gasteiger charge is 2.23. The average Bonchev–Trinajstić information content (AvgIpc) is 2.49. The van der Waals surface area contributed by atoms with E-state index < -0.39 is 0 Å². The van der Waals surface area contributed by atoms with Gasteiger partial charge in [-0.15, -0.1) is 0 Å². The van der Waals surface area contributed by atoms with Crippen LogP contribution in [0.5, 0.6) is 0 Å². The Morgan fingerprint density at radius 2 is 1.41 bits per heavy atom. The lowest BCUT2D eigenvalue weighted by molar-refractivity contribution is 0.157. The topological polar surface area (TPSA) is 3.24 Å². The van der Waals surface area contributed by atoms with Gasteiger partial charge in [0.25, 0.3) is 0 Å². The third kappa shape index (κ3) is 9.18. The van der Waals surface area contributed by atoms with Crippen LogP contribution in [-0.4, -0.2) is 25.0 Å². The third-order valence-electron chi connectivity index (χ3n) is 5.88. The van der Waals surface area contributed by atoms with Gasteiger partial charge in [-0.3, -0.25) is 0 Å². The molecule has 0 heterocycles. The minimum absolute atomic E-state index is 0.849. The summed E-state index contributed by atoms with van der Waals surface area (Å²) < 4.78 is 0. The molecule has 0 fully saturated rings. The van der Waals surface area contributed by atoms with Crippen LogP contribution >= 0.6 is 0 Å². The van der Waals surface area contributed by atoms with E-state index in [0.717, 1.165) is 29.6 Å². The van der Waals surface area contributed by atoms with E-state index in [2.05, 4.69) is 60.4 Å². The van der Waals surface area contributed by atoms with Crippen LogP contribution in [0.4, 0.5) is 0 Å². The molecular weight excluding hydrogens is 266 g/mol. The van der Waals surface area contributed by atoms with Crippen molar-refractivity contribution in [2.45, 2.75) is 87.0 Å². The maximum absolute atomic E-state index is 2.61. The van der Waals surface area contributed by atoms with Gasteiger partial charge in [0.2, 0.25) is 0 Å². The molecule has 0 bridgehead atoms. The summed E-state index contributed by atoms with van der Waals surface area (Å²) in [7, 11) is 2.34. The van der Waals surface area contributed by atoms with Crippen LogP contribution in [-0.2, 0) is 0 Å². The van der Waals surface area contributed by atoms with Crippen molar-refractivity contribution in [2.24, 2.45) is 29.6 Å². The Labute approximate surface area is 142 Å². The Hall–Kier alpha value is -0.0400. The van der Waals surface area contributed by atoms with Crippen molar-refractivity contribution >= 4 is 0 Å². The molecule has 0 rings (SSSR count). The van der Waals surface area contributed by atoms with Crippen LogP contribution < -0.4 is 0 Å². The molecule has 0 aliphatic carbocycles. The zero-order valence-electron chi connectivity index (χ0n) is 17.0. The second-order valence-corrected chi connectivity index (χ2v) is 8.22. The molecular formula is C21H45N. The van der Waals surface area contributed by atoms with E-state index in [1.807, 2.05) is 0 Å². The van der Waals surface area contributed by atoms with Gasteiger partial charge in [-0.1, -0.05) is 74.1 Å². The monoisotopic (exact) mass is 311 g/mol. The van der Waals surface area contributed by atoms with Crippen molar-refractivity contribution < 1.29 is 0 Å². The van der Waals surface area contributed by atoms with E-state index in [9.17, 15) is 0 Å². The zero-order chi connectivity index (χ0) is 17.1. The molecule has 0 N–H and O–H groups in total. The molecule has 0 aliphatic rings. The van der Waals surface area contributed by atoms with Crippen molar-refractivity contribution in [2.75, 3.05) is 20.1 Å². The molecule has 1 heteroatoms. The lowest BCUT2D eigenvalue weighted by Crippen LogP contribution is -2.34. The van der Waals surface area contributed by atoms with Gasteiger partial charge in [-0.05, 0) is 56.0 Å². The van der Waals surface area contributed by atoms with Crippen LogP contribution in [0.3, 0.4) is 0 Å². The van der Waals surface area contributed by atoms with E-state index in [0.29, 0.717) is 0 Å². The molecule has 0 aromatic heterocycles. The number of rotatable bonds is 13. The zero-order valence-corrected chi connectivity index (χ0v) is 17.0. The Kier molecular flexibility index (Phi) is 12.4. The van der Waals surface area contributed by atoms with Crippen LogP contribution in [0.15, 0.2) is 0 Å². The first-order valence-electron chi connectivity index (χ1n) is 10.0. The van der Waals surface area contributed by atoms with Gasteiger partial charge >= 0.3 is 0 Å². The molecule has 0 radical (unpaired) electrons. The summed E-state index contributed by atoms with van der Waals surface area (Å²) >= 11 is 0. The fourth-order valence-corrected chi connectivity index (χ4v) is 3.76. The van der Waals surface area contributed by atoms with Gasteiger partial charge in [-0.25, -0.2) is 0 Å². The maximum Gasteiger partial charge on any atom is 0.00117 e. The SMILES string of the molecule is CCCC(C)C(CN(C)CCC(C)CC(C)CC)C(C)CC. The lowest BCUT2D eigenvalue weighted by Gasteiger charge is -2.33. The average molecular weight is 312 g/mol. The molecule has 1 nitrogen and oxygen atoms in total. The van der Waals surface area contributed by atoms with Gasteiger partial charge in [0.15, 0.2) is 0 Å². The minimum Gasteiger partial charge on any atom is -0.306 e. The van der Waals surface area contributed by atoms with Gasteiger partial charge < -0.3 is 4.90 Å². The van der Waals surface area contributed by atoms with Crippen LogP contribution in [0.1, 0.15) is 87.0 Å². The number of hydrogen-bond donors (Lipinski definition) is 0. The Balaban J connectivity index is 4.29. The van der Waals surface area contributed by atoms with Gasteiger partial charge in [0, 0.05) is 6.54 Å². The molecule has 22 heavy (non-hydrogen) atoms. The summed E-state index contributed by atoms with van der Waals surface area (Å²) in [6.07, 6.45) is 8.10. The Morgan fingerprint density at radius 1 is 0.773 bits per heavy atom. The van der Waals surface area contributed by atoms with Crippen molar-refractivity contribution in [3.05, 3.63) is 0 Å². The summed E-state index contributed by atoms with van der Waals surface area (Å²) in [5.41, 5.74) is 0. The molecule has 0 aliphatic heterocycles. The Morgan fingerprint density at radius 3 is 1.91 bits per heavy atom. The van der Waals surface area contributed by atoms with Gasteiger partial charge in [-0.2, -0.15) is 0 Å². The van der Waals surface area contributed by atoms with E-state index >= 15 is 0 Å². The largest absolute Gasteiger partial charge is 0.306 e. The van der Waals surface area contributed by atoms with Crippen molar-refractivity contribution in [3.63, 3.8) is 0 Å². The maximum atomic E-state index is 2.61. The summed E-state index contributed by atoms with van der Waals surface area (Å²) in [6.45, 7) is 19.3. The summed E-state index contributed by atoms with van der Waals surface area (Å²) in [6, 6.07) is 0. The summed E-state index contributed by atoms with van der Waals surface area (Å²) in [5, 5.41) is 0. The third-order valence-corrected chi connectivity index (χ3v) is 5.88. The molecule has 0 spiro atoms. The molecule has 0 saturated heterocycles. The van der Waals surface area contributed by atoms with Crippen molar-refractivity contribution in [1.82, 2.24) is 4.90 Å². The normalized spacial score (nSPS) is 19.0. The van der Waals surface area contributed by atoms with E-state index in [4.69, 9.17) is 0 Å². The molecule has 5 unspecified atom stereocenters. The molecule has 5 atom stereocenters. The minimum atomic E-state index is 0.849. The highest BCUT2D eigenvalue weighted by molar-refractivity contribution is 4.75. The van der Waals surface area contributed by atoms with E-state index in [1.165, 1.54) is 51.6 Å². The lowest BCUT2D eigenvalue weighted by atomic mass is 9.79. The number of nitrogens with zero attached hydrogens (tertiary/aromatic N) is 1. The first kappa shape index (κ1) is 22.0. The fraction of sp³-hybridized carbons (Fsp3) is 1.00. The van der Waals surface area contributed by atoms with Crippen LogP contribution in [0.2, 0.25) is 0 Å². The Bertz CT molecular complexity index is 250. The van der Waals surface area contributed by atoms with Crippen molar-refractivity contribution in [1.29, 1.82) is 0 Å². The second kappa shape index (κ2) is 12.4. The van der Waals surface area contributed by atoms with Gasteiger partial charge in [0.1, 0.15) is 0 Å².